The monoisotopic (exact) mass is 544 g/mol. The summed E-state index contributed by atoms with van der Waals surface area (Å²) in [5.41, 5.74) is 15.7. The molecule has 0 nitrogen and oxygen atoms in total. The van der Waals surface area contributed by atoms with Crippen molar-refractivity contribution in [1.29, 1.82) is 0 Å². The molecule has 0 radical (unpaired) electrons. The first-order valence-electron chi connectivity index (χ1n) is 15.6. The van der Waals surface area contributed by atoms with E-state index in [4.69, 9.17) is 0 Å². The highest BCUT2D eigenvalue weighted by Gasteiger charge is 2.52. The maximum Gasteiger partial charge on any atom is 0.0726 e. The van der Waals surface area contributed by atoms with Crippen LogP contribution in [0.15, 0.2) is 77.7 Å². The number of unbranched alkanes of at least 4 members (excludes halogenated alkanes) is 2. The molecule has 0 saturated carbocycles. The molecule has 0 heterocycles. The Morgan fingerprint density at radius 3 is 1.62 bits per heavy atom. The van der Waals surface area contributed by atoms with Crippen molar-refractivity contribution in [3.05, 3.63) is 112 Å². The van der Waals surface area contributed by atoms with Crippen molar-refractivity contribution in [1.82, 2.24) is 0 Å². The van der Waals surface area contributed by atoms with Gasteiger partial charge >= 0.3 is 0 Å². The third kappa shape index (κ3) is 4.28. The van der Waals surface area contributed by atoms with Gasteiger partial charge in [0.25, 0.3) is 0 Å². The molecule has 0 fully saturated rings. The zero-order valence-corrected chi connectivity index (χ0v) is 26.1. The van der Waals surface area contributed by atoms with Crippen LogP contribution in [0.4, 0.5) is 0 Å². The smallest absolute Gasteiger partial charge is 0.0726 e. The minimum Gasteiger partial charge on any atom is -0.126 e. The van der Waals surface area contributed by atoms with Crippen LogP contribution in [0.1, 0.15) is 118 Å². The largest absolute Gasteiger partial charge is 0.126 e. The topological polar surface area (TPSA) is 0 Å². The van der Waals surface area contributed by atoms with Crippen LogP contribution in [-0.4, -0.2) is 5.75 Å². The van der Waals surface area contributed by atoms with Crippen LogP contribution in [0.2, 0.25) is 0 Å². The third-order valence-corrected chi connectivity index (χ3v) is 10.4. The average Bonchev–Trinajstić information content (AvgIpc) is 3.41. The second-order valence-corrected chi connectivity index (χ2v) is 13.7. The Labute approximate surface area is 246 Å². The predicted octanol–water partition coefficient (Wildman–Crippen LogP) is 11.5. The Bertz CT molecular complexity index is 1500. The summed E-state index contributed by atoms with van der Waals surface area (Å²) < 4.78 is 0. The summed E-state index contributed by atoms with van der Waals surface area (Å²) >= 11 is 2.02. The fourth-order valence-corrected chi connectivity index (χ4v) is 8.00. The Morgan fingerprint density at radius 1 is 0.575 bits per heavy atom. The van der Waals surface area contributed by atoms with Crippen molar-refractivity contribution in [3.63, 3.8) is 0 Å². The van der Waals surface area contributed by atoms with Crippen LogP contribution >= 0.6 is 11.8 Å². The lowest BCUT2D eigenvalue weighted by atomic mass is 9.69. The van der Waals surface area contributed by atoms with E-state index in [0.717, 1.165) is 6.42 Å². The molecule has 4 aromatic rings. The van der Waals surface area contributed by atoms with E-state index in [-0.39, 0.29) is 5.41 Å². The minimum absolute atomic E-state index is 0.269. The number of fused-ring (bicyclic) bond motifs is 10. The molecule has 206 valence electrons. The Morgan fingerprint density at radius 2 is 1.07 bits per heavy atom. The average molecular weight is 545 g/mol. The molecule has 6 rings (SSSR count). The minimum atomic E-state index is -0.269. The molecule has 0 atom stereocenters. The summed E-state index contributed by atoms with van der Waals surface area (Å²) in [7, 11) is 0. The second kappa shape index (κ2) is 10.9. The van der Waals surface area contributed by atoms with Gasteiger partial charge < -0.3 is 0 Å². The molecule has 0 amide bonds. The maximum atomic E-state index is 2.58. The van der Waals surface area contributed by atoms with Gasteiger partial charge in [-0.15, -0.1) is 11.8 Å². The normalized spacial score (nSPS) is 14.1. The summed E-state index contributed by atoms with van der Waals surface area (Å²) in [6.07, 6.45) is 6.10. The molecule has 0 N–H and O–H groups in total. The zero-order valence-electron chi connectivity index (χ0n) is 25.2. The Kier molecular flexibility index (Phi) is 7.47. The highest BCUT2D eigenvalue weighted by Crippen LogP contribution is 2.63. The summed E-state index contributed by atoms with van der Waals surface area (Å²) in [4.78, 5) is 1.40. The molecule has 0 bridgehead atoms. The molecule has 2 aliphatic rings. The van der Waals surface area contributed by atoms with Crippen molar-refractivity contribution >= 4 is 11.8 Å². The molecule has 0 aromatic heterocycles. The molecule has 4 aromatic carbocycles. The highest BCUT2D eigenvalue weighted by molar-refractivity contribution is 7.99. The van der Waals surface area contributed by atoms with Gasteiger partial charge in [-0.05, 0) is 110 Å². The fourth-order valence-electron chi connectivity index (χ4n) is 6.97. The van der Waals surface area contributed by atoms with Crippen LogP contribution in [0.3, 0.4) is 0 Å². The first-order chi connectivity index (χ1) is 19.4. The molecular weight excluding hydrogens is 500 g/mol. The van der Waals surface area contributed by atoms with Gasteiger partial charge in [0.1, 0.15) is 0 Å². The summed E-state index contributed by atoms with van der Waals surface area (Å²) in [6.45, 7) is 13.9. The SMILES string of the molecule is CCCCSc1ccc2c(c1)C1(c3cc(CCCC)ccc3-2)c2cc(C(C)C)ccc2-c2ccc(C(C)C)cc21. The molecule has 0 unspecified atom stereocenters. The van der Waals surface area contributed by atoms with Crippen LogP contribution in [-0.2, 0) is 11.8 Å². The van der Waals surface area contributed by atoms with Gasteiger partial charge in [0, 0.05) is 4.90 Å². The first-order valence-corrected chi connectivity index (χ1v) is 16.6. The Balaban J connectivity index is 1.70. The summed E-state index contributed by atoms with van der Waals surface area (Å²) in [5.74, 6) is 2.16. The molecule has 1 heteroatoms. The second-order valence-electron chi connectivity index (χ2n) is 12.6. The standard InChI is InChI=1S/C39H44S/c1-7-9-11-27-12-16-31-34-19-15-30(40-20-10-8-2)24-38(34)39(35(31)21-27)36-22-28(25(3)4)13-17-32(36)33-18-14-29(26(5)6)23-37(33)39/h12-19,21-26H,7-11,20H2,1-6H3. The maximum absolute atomic E-state index is 2.58. The van der Waals surface area contributed by atoms with Gasteiger partial charge in [0.2, 0.25) is 0 Å². The van der Waals surface area contributed by atoms with Crippen LogP contribution in [0.25, 0.3) is 22.3 Å². The van der Waals surface area contributed by atoms with E-state index in [1.165, 1.54) is 97.5 Å². The van der Waals surface area contributed by atoms with Crippen LogP contribution in [0.5, 0.6) is 0 Å². The summed E-state index contributed by atoms with van der Waals surface area (Å²) in [6, 6.07) is 29.5. The van der Waals surface area contributed by atoms with E-state index in [9.17, 15) is 0 Å². The number of aryl methyl sites for hydroxylation is 1. The highest BCUT2D eigenvalue weighted by atomic mass is 32.2. The molecule has 0 aliphatic heterocycles. The number of rotatable bonds is 9. The quantitative estimate of drug-likeness (QED) is 0.129. The lowest BCUT2D eigenvalue weighted by Gasteiger charge is -2.32. The molecule has 0 saturated heterocycles. The fraction of sp³-hybridized carbons (Fsp3) is 0.385. The zero-order chi connectivity index (χ0) is 28.0. The lowest BCUT2D eigenvalue weighted by molar-refractivity contribution is 0.764. The van der Waals surface area contributed by atoms with E-state index in [1.807, 2.05) is 11.8 Å². The van der Waals surface area contributed by atoms with Gasteiger partial charge in [-0.25, -0.2) is 0 Å². The number of hydrogen-bond donors (Lipinski definition) is 0. The van der Waals surface area contributed by atoms with Crippen molar-refractivity contribution in [2.24, 2.45) is 0 Å². The molecule has 1 spiro atoms. The van der Waals surface area contributed by atoms with Crippen LogP contribution in [0, 0.1) is 0 Å². The third-order valence-electron chi connectivity index (χ3n) is 9.28. The van der Waals surface area contributed by atoms with Gasteiger partial charge in [-0.1, -0.05) is 115 Å². The van der Waals surface area contributed by atoms with E-state index in [0.29, 0.717) is 11.8 Å². The van der Waals surface area contributed by atoms with Crippen LogP contribution < -0.4 is 0 Å². The predicted molar refractivity (Wildman–Crippen MR) is 175 cm³/mol. The van der Waals surface area contributed by atoms with E-state index in [2.05, 4.69) is 114 Å². The van der Waals surface area contributed by atoms with Gasteiger partial charge in [-0.3, -0.25) is 0 Å². The van der Waals surface area contributed by atoms with Crippen molar-refractivity contribution in [2.75, 3.05) is 5.75 Å². The number of thioether (sulfide) groups is 1. The number of hydrogen-bond acceptors (Lipinski definition) is 1. The van der Waals surface area contributed by atoms with Crippen molar-refractivity contribution in [3.8, 4) is 22.3 Å². The van der Waals surface area contributed by atoms with E-state index < -0.39 is 0 Å². The first kappa shape index (κ1) is 27.4. The van der Waals surface area contributed by atoms with Gasteiger partial charge in [0.05, 0.1) is 5.41 Å². The van der Waals surface area contributed by atoms with Gasteiger partial charge in [-0.2, -0.15) is 0 Å². The van der Waals surface area contributed by atoms with Crippen molar-refractivity contribution < 1.29 is 0 Å². The number of benzene rings is 4. The Hall–Kier alpha value is -2.77. The lowest BCUT2D eigenvalue weighted by Crippen LogP contribution is -2.26. The van der Waals surface area contributed by atoms with Gasteiger partial charge in [0.15, 0.2) is 0 Å². The molecular formula is C39H44S. The molecule has 40 heavy (non-hydrogen) atoms. The molecule has 2 aliphatic carbocycles. The summed E-state index contributed by atoms with van der Waals surface area (Å²) in [5, 5.41) is 0. The van der Waals surface area contributed by atoms with E-state index >= 15 is 0 Å². The van der Waals surface area contributed by atoms with Crippen molar-refractivity contribution in [2.45, 2.75) is 95.8 Å². The van der Waals surface area contributed by atoms with E-state index in [1.54, 1.807) is 0 Å².